The molecule has 1 aromatic rings. The highest BCUT2D eigenvalue weighted by molar-refractivity contribution is 7.46. The van der Waals surface area contributed by atoms with Crippen molar-refractivity contribution in [2.75, 3.05) is 6.66 Å². The molecule has 10 heavy (non-hydrogen) atoms. The Kier molecular flexibility index (Phi) is 2.58. The molecule has 1 heterocycles. The Bertz CT molecular complexity index is 232. The van der Waals surface area contributed by atoms with Crippen molar-refractivity contribution in [3.63, 3.8) is 0 Å². The van der Waals surface area contributed by atoms with Crippen LogP contribution in [-0.2, 0) is 0 Å². The maximum Gasteiger partial charge on any atom is 0.0347 e. The molecule has 0 N–H and O–H groups in total. The molecule has 1 nitrogen and oxygen atoms in total. The molecule has 52 valence electrons. The molecule has 0 aliphatic heterocycles. The van der Waals surface area contributed by atoms with Crippen molar-refractivity contribution < 1.29 is 0 Å². The normalized spacial score (nSPS) is 10.5. The first kappa shape index (κ1) is 7.43. The van der Waals surface area contributed by atoms with Gasteiger partial charge in [-0.2, -0.15) is 0 Å². The van der Waals surface area contributed by atoms with Gasteiger partial charge in [-0.25, -0.2) is 0 Å². The van der Waals surface area contributed by atoms with Crippen LogP contribution in [0.2, 0.25) is 0 Å². The summed E-state index contributed by atoms with van der Waals surface area (Å²) in [5.41, 5.74) is 1.20. The van der Waals surface area contributed by atoms with E-state index in [2.05, 4.69) is 18.2 Å². The van der Waals surface area contributed by atoms with Crippen molar-refractivity contribution in [1.29, 1.82) is 0 Å². The molecular weight excluding hydrogens is 141 g/mol. The monoisotopic (exact) mass is 151 g/mol. The van der Waals surface area contributed by atoms with E-state index in [-0.39, 0.29) is 0 Å². The lowest BCUT2D eigenvalue weighted by atomic mass is 10.3. The topological polar surface area (TPSA) is 12.9 Å². The van der Waals surface area contributed by atoms with Crippen LogP contribution in [0.1, 0.15) is 5.56 Å². The molecule has 0 aliphatic rings. The molecule has 0 aliphatic carbocycles. The minimum Gasteiger partial charge on any atom is -0.264 e. The number of hydrogen-bond acceptors (Lipinski definition) is 1. The lowest BCUT2D eigenvalue weighted by molar-refractivity contribution is 1.34. The minimum absolute atomic E-state index is 0.802. The highest BCUT2D eigenvalue weighted by Crippen LogP contribution is 2.07. The van der Waals surface area contributed by atoms with E-state index in [1.54, 1.807) is 6.20 Å². The second-order valence-electron chi connectivity index (χ2n) is 1.92. The molecule has 1 rings (SSSR count). The number of rotatable bonds is 2. The predicted octanol–water partition coefficient (Wildman–Crippen LogP) is 1.66. The van der Waals surface area contributed by atoms with E-state index in [4.69, 9.17) is 0 Å². The van der Waals surface area contributed by atoms with Crippen LogP contribution in [0.25, 0.3) is 6.08 Å². The standard InChI is InChI=1S/C8H10NP/c1-3-7-4-5-9-6-8(7)10-2/h3-6,10H,1H2,2H3. The Morgan fingerprint density at radius 1 is 1.70 bits per heavy atom. The number of aromatic nitrogens is 1. The zero-order valence-electron chi connectivity index (χ0n) is 5.96. The Morgan fingerprint density at radius 3 is 3.00 bits per heavy atom. The van der Waals surface area contributed by atoms with Crippen molar-refractivity contribution in [2.45, 2.75) is 0 Å². The summed E-state index contributed by atoms with van der Waals surface area (Å²) >= 11 is 0. The highest BCUT2D eigenvalue weighted by atomic mass is 31.1. The van der Waals surface area contributed by atoms with Gasteiger partial charge in [0, 0.05) is 12.4 Å². The lowest BCUT2D eigenvalue weighted by Gasteiger charge is -1.98. The van der Waals surface area contributed by atoms with Crippen LogP contribution in [0, 0.1) is 0 Å². The first-order valence-corrected chi connectivity index (χ1v) is 4.62. The van der Waals surface area contributed by atoms with Crippen LogP contribution in [0.5, 0.6) is 0 Å². The van der Waals surface area contributed by atoms with Gasteiger partial charge in [0.1, 0.15) is 0 Å². The third-order valence-corrected chi connectivity index (χ3v) is 2.30. The Labute approximate surface area is 63.0 Å². The summed E-state index contributed by atoms with van der Waals surface area (Å²) < 4.78 is 0. The predicted molar refractivity (Wildman–Crippen MR) is 48.2 cm³/mol. The fourth-order valence-electron chi connectivity index (χ4n) is 0.792. The van der Waals surface area contributed by atoms with Crippen molar-refractivity contribution >= 4 is 20.0 Å². The maximum atomic E-state index is 4.02. The van der Waals surface area contributed by atoms with E-state index in [1.807, 2.05) is 18.3 Å². The maximum absolute atomic E-state index is 4.02. The zero-order chi connectivity index (χ0) is 7.40. The third kappa shape index (κ3) is 1.43. The summed E-state index contributed by atoms with van der Waals surface area (Å²) in [6, 6.07) is 1.98. The molecule has 0 aromatic carbocycles. The largest absolute Gasteiger partial charge is 0.264 e. The van der Waals surface area contributed by atoms with Gasteiger partial charge in [0.25, 0.3) is 0 Å². The van der Waals surface area contributed by atoms with Gasteiger partial charge in [0.05, 0.1) is 0 Å². The molecule has 0 spiro atoms. The van der Waals surface area contributed by atoms with E-state index >= 15 is 0 Å². The van der Waals surface area contributed by atoms with E-state index in [9.17, 15) is 0 Å². The number of nitrogens with zero attached hydrogens (tertiary/aromatic N) is 1. The van der Waals surface area contributed by atoms with Crippen LogP contribution in [0.15, 0.2) is 25.0 Å². The number of pyridine rings is 1. The summed E-state index contributed by atoms with van der Waals surface area (Å²) in [7, 11) is 0.802. The molecule has 1 atom stereocenters. The van der Waals surface area contributed by atoms with E-state index in [0.29, 0.717) is 0 Å². The Balaban J connectivity index is 3.08. The summed E-state index contributed by atoms with van der Waals surface area (Å²) in [5, 5.41) is 1.29. The van der Waals surface area contributed by atoms with Crippen LogP contribution >= 0.6 is 8.58 Å². The second-order valence-corrected chi connectivity index (χ2v) is 2.96. The molecule has 2 heteroatoms. The minimum atomic E-state index is 0.802. The summed E-state index contributed by atoms with van der Waals surface area (Å²) in [4.78, 5) is 4.02. The van der Waals surface area contributed by atoms with Gasteiger partial charge in [0.2, 0.25) is 0 Å². The molecule has 1 unspecified atom stereocenters. The van der Waals surface area contributed by atoms with Crippen molar-refractivity contribution in [2.24, 2.45) is 0 Å². The third-order valence-electron chi connectivity index (χ3n) is 1.34. The summed E-state index contributed by atoms with van der Waals surface area (Å²) in [5.74, 6) is 0. The fourth-order valence-corrected chi connectivity index (χ4v) is 1.47. The quantitative estimate of drug-likeness (QED) is 0.586. The molecule has 0 radical (unpaired) electrons. The van der Waals surface area contributed by atoms with Crippen LogP contribution in [-0.4, -0.2) is 11.6 Å². The highest BCUT2D eigenvalue weighted by Gasteiger charge is 1.92. The van der Waals surface area contributed by atoms with Crippen LogP contribution < -0.4 is 5.30 Å². The van der Waals surface area contributed by atoms with E-state index < -0.39 is 0 Å². The van der Waals surface area contributed by atoms with Crippen molar-refractivity contribution in [1.82, 2.24) is 4.98 Å². The Morgan fingerprint density at radius 2 is 2.50 bits per heavy atom. The van der Waals surface area contributed by atoms with Gasteiger partial charge >= 0.3 is 0 Å². The van der Waals surface area contributed by atoms with E-state index in [0.717, 1.165) is 8.58 Å². The first-order chi connectivity index (χ1) is 4.88. The molecule has 0 bridgehead atoms. The van der Waals surface area contributed by atoms with Gasteiger partial charge in [-0.05, 0) is 23.6 Å². The number of hydrogen-bond donors (Lipinski definition) is 0. The van der Waals surface area contributed by atoms with Gasteiger partial charge in [-0.15, -0.1) is 0 Å². The van der Waals surface area contributed by atoms with Crippen molar-refractivity contribution in [3.05, 3.63) is 30.6 Å². The smallest absolute Gasteiger partial charge is 0.0347 e. The van der Waals surface area contributed by atoms with Gasteiger partial charge in [0.15, 0.2) is 0 Å². The fraction of sp³-hybridized carbons (Fsp3) is 0.125. The van der Waals surface area contributed by atoms with Gasteiger partial charge in [-0.1, -0.05) is 21.2 Å². The Hall–Kier alpha value is -0.680. The second kappa shape index (κ2) is 3.48. The zero-order valence-corrected chi connectivity index (χ0v) is 6.96. The molecule has 0 saturated carbocycles. The van der Waals surface area contributed by atoms with E-state index in [1.165, 1.54) is 10.9 Å². The van der Waals surface area contributed by atoms with Crippen LogP contribution in [0.4, 0.5) is 0 Å². The van der Waals surface area contributed by atoms with Gasteiger partial charge in [-0.3, -0.25) is 4.98 Å². The first-order valence-electron chi connectivity index (χ1n) is 3.12. The molecule has 0 saturated heterocycles. The average molecular weight is 151 g/mol. The van der Waals surface area contributed by atoms with Crippen molar-refractivity contribution in [3.8, 4) is 0 Å². The van der Waals surface area contributed by atoms with Crippen LogP contribution in [0.3, 0.4) is 0 Å². The SMILES string of the molecule is C=Cc1ccncc1PC. The average Bonchev–Trinajstić information content (AvgIpc) is 2.04. The molecular formula is C8H10NP. The van der Waals surface area contributed by atoms with Gasteiger partial charge < -0.3 is 0 Å². The molecule has 0 amide bonds. The summed E-state index contributed by atoms with van der Waals surface area (Å²) in [6.45, 7) is 5.86. The molecule has 1 aromatic heterocycles. The summed E-state index contributed by atoms with van der Waals surface area (Å²) in [6.07, 6.45) is 5.56. The lowest BCUT2D eigenvalue weighted by Crippen LogP contribution is -1.98. The molecule has 0 fully saturated rings.